The van der Waals surface area contributed by atoms with E-state index in [-0.39, 0.29) is 0 Å². The van der Waals surface area contributed by atoms with Crippen LogP contribution in [0.3, 0.4) is 0 Å². The Bertz CT molecular complexity index is 326. The van der Waals surface area contributed by atoms with Crippen LogP contribution in [0.2, 0.25) is 0 Å². The van der Waals surface area contributed by atoms with Gasteiger partial charge in [0, 0.05) is 6.42 Å². The largest absolute Gasteiger partial charge is 0.324 e. The van der Waals surface area contributed by atoms with Gasteiger partial charge in [-0.15, -0.1) is 0 Å². The number of likely N-dealkylation sites (tertiary alicyclic amines) is 1. The maximum absolute atomic E-state index is 2.58. The molecular formula is C19H36N+. The molecule has 1 saturated heterocycles. The minimum atomic E-state index is 0.981. The standard InChI is InChI=1S/C19H36N/c1-4-10-20(3)11-6-5-7-16-13-17-12-15(2)19(17)9-8-18(20)14-16/h15-19H,4-14H2,1-3H3/q+1. The van der Waals surface area contributed by atoms with Gasteiger partial charge in [0.25, 0.3) is 0 Å². The van der Waals surface area contributed by atoms with Crippen LogP contribution in [0.4, 0.5) is 0 Å². The Labute approximate surface area is 126 Å². The Balaban J connectivity index is 1.75. The van der Waals surface area contributed by atoms with Crippen LogP contribution in [0.15, 0.2) is 0 Å². The zero-order chi connectivity index (χ0) is 14.2. The highest BCUT2D eigenvalue weighted by Gasteiger charge is 2.44. The molecule has 1 heteroatoms. The monoisotopic (exact) mass is 278 g/mol. The van der Waals surface area contributed by atoms with Gasteiger partial charge >= 0.3 is 0 Å². The summed E-state index contributed by atoms with van der Waals surface area (Å²) in [6.45, 7) is 7.77. The van der Waals surface area contributed by atoms with Crippen LogP contribution < -0.4 is 0 Å². The molecule has 0 aromatic rings. The van der Waals surface area contributed by atoms with Crippen LogP contribution >= 0.6 is 0 Å². The second-order valence-electron chi connectivity index (χ2n) is 8.63. The van der Waals surface area contributed by atoms with E-state index in [4.69, 9.17) is 0 Å². The van der Waals surface area contributed by atoms with Crippen molar-refractivity contribution in [3.8, 4) is 0 Å². The van der Waals surface area contributed by atoms with Gasteiger partial charge in [0.1, 0.15) is 0 Å². The number of hydrogen-bond acceptors (Lipinski definition) is 0. The molecule has 0 N–H and O–H groups in total. The van der Waals surface area contributed by atoms with E-state index in [0.717, 1.165) is 29.7 Å². The van der Waals surface area contributed by atoms with Gasteiger partial charge in [-0.3, -0.25) is 0 Å². The molecule has 0 aromatic carbocycles. The fourth-order valence-corrected chi connectivity index (χ4v) is 5.99. The summed E-state index contributed by atoms with van der Waals surface area (Å²) >= 11 is 0. The molecule has 2 aliphatic carbocycles. The fourth-order valence-electron chi connectivity index (χ4n) is 5.99. The first-order valence-corrected chi connectivity index (χ1v) is 9.46. The Hall–Kier alpha value is -0.0400. The Morgan fingerprint density at radius 1 is 1.00 bits per heavy atom. The fraction of sp³-hybridized carbons (Fsp3) is 1.00. The first-order valence-electron chi connectivity index (χ1n) is 9.46. The molecule has 1 aliphatic heterocycles. The molecule has 2 bridgehead atoms. The van der Waals surface area contributed by atoms with Crippen molar-refractivity contribution in [1.82, 2.24) is 0 Å². The van der Waals surface area contributed by atoms with Crippen molar-refractivity contribution in [1.29, 1.82) is 0 Å². The molecule has 116 valence electrons. The van der Waals surface area contributed by atoms with E-state index >= 15 is 0 Å². The molecule has 0 amide bonds. The number of fused-ring (bicyclic) bond motifs is 3. The molecule has 0 spiro atoms. The van der Waals surface area contributed by atoms with Gasteiger partial charge in [-0.05, 0) is 75.0 Å². The van der Waals surface area contributed by atoms with Crippen LogP contribution in [-0.2, 0) is 0 Å². The molecule has 0 radical (unpaired) electrons. The summed E-state index contributed by atoms with van der Waals surface area (Å²) in [5.41, 5.74) is 0. The quantitative estimate of drug-likeness (QED) is 0.633. The maximum atomic E-state index is 2.58. The highest BCUT2D eigenvalue weighted by atomic mass is 15.4. The Morgan fingerprint density at radius 3 is 2.60 bits per heavy atom. The normalized spacial score (nSPS) is 49.0. The number of nitrogens with zero attached hydrogens (tertiary/aromatic N) is 1. The van der Waals surface area contributed by atoms with E-state index in [2.05, 4.69) is 20.9 Å². The summed E-state index contributed by atoms with van der Waals surface area (Å²) in [4.78, 5) is 0. The average molecular weight is 279 g/mol. The van der Waals surface area contributed by atoms with E-state index in [1.165, 1.54) is 43.3 Å². The van der Waals surface area contributed by atoms with E-state index < -0.39 is 0 Å². The first-order chi connectivity index (χ1) is 9.62. The summed E-state index contributed by atoms with van der Waals surface area (Å²) in [5.74, 6) is 4.30. The minimum absolute atomic E-state index is 0.981. The lowest BCUT2D eigenvalue weighted by Crippen LogP contribution is -2.56. The lowest BCUT2D eigenvalue weighted by Gasteiger charge is -2.51. The van der Waals surface area contributed by atoms with Crippen LogP contribution in [0.25, 0.3) is 0 Å². The summed E-state index contributed by atoms with van der Waals surface area (Å²) in [6.07, 6.45) is 13.6. The van der Waals surface area contributed by atoms with Gasteiger partial charge < -0.3 is 4.48 Å². The smallest absolute Gasteiger partial charge is 0.0891 e. The topological polar surface area (TPSA) is 0 Å². The molecule has 2 saturated carbocycles. The molecule has 1 nitrogen and oxygen atoms in total. The van der Waals surface area contributed by atoms with Crippen LogP contribution in [0.1, 0.15) is 71.6 Å². The number of quaternary nitrogens is 1. The van der Waals surface area contributed by atoms with E-state index in [1.807, 2.05) is 0 Å². The van der Waals surface area contributed by atoms with Crippen molar-refractivity contribution in [2.24, 2.45) is 23.7 Å². The molecule has 3 fully saturated rings. The molecule has 3 rings (SSSR count). The highest BCUT2D eigenvalue weighted by molar-refractivity contribution is 4.91. The summed E-state index contributed by atoms with van der Waals surface area (Å²) < 4.78 is 1.40. The zero-order valence-corrected chi connectivity index (χ0v) is 14.1. The summed E-state index contributed by atoms with van der Waals surface area (Å²) in [6, 6.07) is 0.981. The van der Waals surface area contributed by atoms with Crippen molar-refractivity contribution in [2.75, 3.05) is 20.1 Å². The predicted octanol–water partition coefficient (Wildman–Crippen LogP) is 4.86. The van der Waals surface area contributed by atoms with E-state index in [9.17, 15) is 0 Å². The predicted molar refractivity (Wildman–Crippen MR) is 86.6 cm³/mol. The summed E-state index contributed by atoms with van der Waals surface area (Å²) in [7, 11) is 2.58. The molecule has 3 aliphatic rings. The van der Waals surface area contributed by atoms with Crippen LogP contribution in [0.5, 0.6) is 0 Å². The van der Waals surface area contributed by atoms with Gasteiger partial charge in [0.15, 0.2) is 0 Å². The van der Waals surface area contributed by atoms with E-state index in [1.54, 1.807) is 32.1 Å². The van der Waals surface area contributed by atoms with Crippen LogP contribution in [-0.4, -0.2) is 30.7 Å². The third-order valence-corrected chi connectivity index (χ3v) is 7.23. The number of rotatable bonds is 2. The molecule has 0 aromatic heterocycles. The lowest BCUT2D eigenvalue weighted by molar-refractivity contribution is -0.935. The van der Waals surface area contributed by atoms with Crippen molar-refractivity contribution >= 4 is 0 Å². The Morgan fingerprint density at radius 2 is 1.85 bits per heavy atom. The molecule has 6 atom stereocenters. The van der Waals surface area contributed by atoms with Crippen LogP contribution in [0, 0.1) is 23.7 Å². The lowest BCUT2D eigenvalue weighted by atomic mass is 9.58. The molecule has 6 unspecified atom stereocenters. The van der Waals surface area contributed by atoms with Gasteiger partial charge in [-0.1, -0.05) is 13.8 Å². The van der Waals surface area contributed by atoms with Crippen molar-refractivity contribution in [3.05, 3.63) is 0 Å². The van der Waals surface area contributed by atoms with Gasteiger partial charge in [0.05, 0.1) is 26.2 Å². The SMILES string of the molecule is CCC[N+]1(C)CCCCC2CC3CC(C)C3CCC1C2. The molecule has 20 heavy (non-hydrogen) atoms. The second-order valence-corrected chi connectivity index (χ2v) is 8.63. The van der Waals surface area contributed by atoms with Gasteiger partial charge in [-0.2, -0.15) is 0 Å². The maximum Gasteiger partial charge on any atom is 0.0891 e. The highest BCUT2D eigenvalue weighted by Crippen LogP contribution is 2.50. The van der Waals surface area contributed by atoms with Crippen molar-refractivity contribution in [2.45, 2.75) is 77.7 Å². The van der Waals surface area contributed by atoms with Crippen molar-refractivity contribution in [3.63, 3.8) is 0 Å². The minimum Gasteiger partial charge on any atom is -0.324 e. The van der Waals surface area contributed by atoms with E-state index in [0.29, 0.717) is 0 Å². The molecular weight excluding hydrogens is 242 g/mol. The second kappa shape index (κ2) is 5.99. The van der Waals surface area contributed by atoms with Crippen molar-refractivity contribution < 1.29 is 4.48 Å². The zero-order valence-electron chi connectivity index (χ0n) is 14.1. The third kappa shape index (κ3) is 2.80. The summed E-state index contributed by atoms with van der Waals surface area (Å²) in [5, 5.41) is 0. The molecule has 1 heterocycles. The number of hydrogen-bond donors (Lipinski definition) is 0. The average Bonchev–Trinajstić information content (AvgIpc) is 2.37. The first kappa shape index (κ1) is 14.9. The third-order valence-electron chi connectivity index (χ3n) is 7.23. The Kier molecular flexibility index (Phi) is 4.45. The van der Waals surface area contributed by atoms with Gasteiger partial charge in [-0.25, -0.2) is 0 Å². The van der Waals surface area contributed by atoms with Gasteiger partial charge in [0.2, 0.25) is 0 Å².